The van der Waals surface area contributed by atoms with Crippen molar-refractivity contribution in [2.24, 2.45) is 11.8 Å². The van der Waals surface area contributed by atoms with E-state index in [1.54, 1.807) is 12.1 Å². The predicted octanol–water partition coefficient (Wildman–Crippen LogP) is 0.933. The Balaban J connectivity index is 1.98. The van der Waals surface area contributed by atoms with Gasteiger partial charge in [0.25, 0.3) is 5.91 Å². The molecule has 1 fully saturated rings. The first-order valence-electron chi connectivity index (χ1n) is 7.85. The first kappa shape index (κ1) is 17.5. The molecule has 1 aliphatic heterocycles. The molecule has 23 heavy (non-hydrogen) atoms. The van der Waals surface area contributed by atoms with Crippen LogP contribution in [0.1, 0.15) is 36.6 Å². The molecule has 0 spiro atoms. The second-order valence-corrected chi connectivity index (χ2v) is 6.32. The predicted molar refractivity (Wildman–Crippen MR) is 82.9 cm³/mol. The average Bonchev–Trinajstić information content (AvgIpc) is 3.11. The highest BCUT2D eigenvalue weighted by molar-refractivity contribution is 5.91. The van der Waals surface area contributed by atoms with Crippen LogP contribution in [0.15, 0.2) is 16.5 Å². The minimum absolute atomic E-state index is 0.0426. The number of carbonyl (C=O) groups is 2. The van der Waals surface area contributed by atoms with Gasteiger partial charge in [0.2, 0.25) is 0 Å². The zero-order valence-electron chi connectivity index (χ0n) is 13.5. The van der Waals surface area contributed by atoms with E-state index in [0.717, 1.165) is 6.54 Å². The van der Waals surface area contributed by atoms with Crippen molar-refractivity contribution in [1.82, 2.24) is 10.2 Å². The van der Waals surface area contributed by atoms with Crippen LogP contribution >= 0.6 is 0 Å². The fourth-order valence-corrected chi connectivity index (χ4v) is 3.00. The summed E-state index contributed by atoms with van der Waals surface area (Å²) in [5, 5.41) is 20.8. The minimum atomic E-state index is -0.814. The minimum Gasteiger partial charge on any atom is -0.481 e. The Labute approximate surface area is 135 Å². The Kier molecular flexibility index (Phi) is 5.79. The van der Waals surface area contributed by atoms with Gasteiger partial charge in [-0.1, -0.05) is 13.8 Å². The van der Waals surface area contributed by atoms with Crippen LogP contribution in [-0.2, 0) is 11.4 Å². The molecule has 2 rings (SSSR count). The van der Waals surface area contributed by atoms with Gasteiger partial charge < -0.3 is 24.8 Å². The maximum atomic E-state index is 12.3. The smallest absolute Gasteiger partial charge is 0.304 e. The topological polar surface area (TPSA) is 103 Å². The number of likely N-dealkylation sites (tertiary alicyclic amines) is 1. The third-order valence-electron chi connectivity index (χ3n) is 4.30. The summed E-state index contributed by atoms with van der Waals surface area (Å²) in [5.74, 6) is 0.0523. The molecule has 0 aromatic carbocycles. The highest BCUT2D eigenvalue weighted by Crippen LogP contribution is 2.25. The molecule has 7 nitrogen and oxygen atoms in total. The highest BCUT2D eigenvalue weighted by atomic mass is 16.4. The Morgan fingerprint density at radius 3 is 2.70 bits per heavy atom. The van der Waals surface area contributed by atoms with Crippen LogP contribution in [0.2, 0.25) is 0 Å². The number of carboxylic acids is 1. The molecular formula is C16H24N2O5. The number of nitrogens with zero attached hydrogens (tertiary/aromatic N) is 1. The second-order valence-electron chi connectivity index (χ2n) is 6.32. The van der Waals surface area contributed by atoms with E-state index in [1.807, 2.05) is 0 Å². The third-order valence-corrected chi connectivity index (χ3v) is 4.30. The lowest BCUT2D eigenvalue weighted by molar-refractivity contribution is -0.137. The van der Waals surface area contributed by atoms with E-state index < -0.39 is 5.97 Å². The van der Waals surface area contributed by atoms with Crippen LogP contribution in [0, 0.1) is 11.8 Å². The molecule has 0 aliphatic carbocycles. The van der Waals surface area contributed by atoms with Crippen LogP contribution < -0.4 is 5.32 Å². The number of hydrogen-bond donors (Lipinski definition) is 3. The molecule has 1 aliphatic rings. The molecule has 7 heteroatoms. The first-order chi connectivity index (χ1) is 10.9. The molecule has 0 radical (unpaired) electrons. The van der Waals surface area contributed by atoms with Crippen molar-refractivity contribution in [1.29, 1.82) is 0 Å². The Morgan fingerprint density at radius 1 is 1.39 bits per heavy atom. The van der Waals surface area contributed by atoms with Gasteiger partial charge in [0, 0.05) is 25.7 Å². The van der Waals surface area contributed by atoms with Gasteiger partial charge in [0.05, 0.1) is 6.42 Å². The van der Waals surface area contributed by atoms with Crippen molar-refractivity contribution in [2.45, 2.75) is 32.9 Å². The van der Waals surface area contributed by atoms with E-state index in [9.17, 15) is 9.59 Å². The highest BCUT2D eigenvalue weighted by Gasteiger charge is 2.36. The van der Waals surface area contributed by atoms with Gasteiger partial charge in [-0.3, -0.25) is 9.59 Å². The van der Waals surface area contributed by atoms with Gasteiger partial charge in [0.1, 0.15) is 12.4 Å². The number of rotatable bonds is 7. The second kappa shape index (κ2) is 7.61. The van der Waals surface area contributed by atoms with E-state index >= 15 is 0 Å². The lowest BCUT2D eigenvalue weighted by Gasteiger charge is -2.22. The van der Waals surface area contributed by atoms with Crippen molar-refractivity contribution in [3.8, 4) is 0 Å². The van der Waals surface area contributed by atoms with Gasteiger partial charge >= 0.3 is 5.97 Å². The number of aliphatic hydroxyl groups is 1. The molecule has 1 saturated heterocycles. The summed E-state index contributed by atoms with van der Waals surface area (Å²) in [6.45, 7) is 5.85. The van der Waals surface area contributed by atoms with E-state index in [2.05, 4.69) is 24.1 Å². The number of carboxylic acid groups (broad SMARTS) is 1. The Bertz CT molecular complexity index is 554. The van der Waals surface area contributed by atoms with Crippen molar-refractivity contribution >= 4 is 11.9 Å². The van der Waals surface area contributed by atoms with Gasteiger partial charge in [-0.25, -0.2) is 0 Å². The molecule has 128 valence electrons. The van der Waals surface area contributed by atoms with E-state index in [-0.39, 0.29) is 36.7 Å². The summed E-state index contributed by atoms with van der Waals surface area (Å²) in [6, 6.07) is 3.07. The lowest BCUT2D eigenvalue weighted by Crippen LogP contribution is -2.42. The van der Waals surface area contributed by atoms with Crippen molar-refractivity contribution in [3.05, 3.63) is 23.7 Å². The summed E-state index contributed by atoms with van der Waals surface area (Å²) in [7, 11) is 0. The average molecular weight is 324 g/mol. The summed E-state index contributed by atoms with van der Waals surface area (Å²) in [5.41, 5.74) is 0. The molecule has 2 atom stereocenters. The van der Waals surface area contributed by atoms with Gasteiger partial charge in [-0.2, -0.15) is 0 Å². The molecule has 0 bridgehead atoms. The largest absolute Gasteiger partial charge is 0.481 e. The van der Waals surface area contributed by atoms with Crippen LogP contribution in [0.3, 0.4) is 0 Å². The third kappa shape index (κ3) is 4.56. The summed E-state index contributed by atoms with van der Waals surface area (Å²) >= 11 is 0. The lowest BCUT2D eigenvalue weighted by atomic mass is 9.91. The number of carbonyl (C=O) groups excluding carboxylic acids is 1. The number of aliphatic carboxylic acids is 1. The fourth-order valence-electron chi connectivity index (χ4n) is 3.00. The molecule has 2 heterocycles. The SMILES string of the molecule is CC(C)[C@@H]1CN(CCC(=O)O)C[C@H]1NC(=O)c1ccc(CO)o1. The molecule has 0 saturated carbocycles. The van der Waals surface area contributed by atoms with E-state index in [0.29, 0.717) is 24.8 Å². The van der Waals surface area contributed by atoms with Crippen LogP contribution in [-0.4, -0.2) is 52.7 Å². The summed E-state index contributed by atoms with van der Waals surface area (Å²) in [4.78, 5) is 25.1. The monoisotopic (exact) mass is 324 g/mol. The normalized spacial score (nSPS) is 21.7. The number of aliphatic hydroxyl groups excluding tert-OH is 1. The van der Waals surface area contributed by atoms with Crippen LogP contribution in [0.4, 0.5) is 0 Å². The zero-order valence-corrected chi connectivity index (χ0v) is 13.5. The van der Waals surface area contributed by atoms with E-state index in [4.69, 9.17) is 14.6 Å². The molecule has 1 aromatic heterocycles. The van der Waals surface area contributed by atoms with Gasteiger partial charge in [0.15, 0.2) is 5.76 Å². The molecular weight excluding hydrogens is 300 g/mol. The summed E-state index contributed by atoms with van der Waals surface area (Å²) < 4.78 is 5.25. The van der Waals surface area contributed by atoms with E-state index in [1.165, 1.54) is 0 Å². The number of nitrogens with one attached hydrogen (secondary N) is 1. The Morgan fingerprint density at radius 2 is 2.13 bits per heavy atom. The zero-order chi connectivity index (χ0) is 17.0. The first-order valence-corrected chi connectivity index (χ1v) is 7.85. The standard InChI is InChI=1S/C16H24N2O5/c1-10(2)12-7-18(6-5-15(20)21)8-13(12)17-16(22)14-4-3-11(9-19)23-14/h3-4,10,12-13,19H,5-9H2,1-2H3,(H,17,22)(H,20,21)/t12-,13+/m0/s1. The fraction of sp³-hybridized carbons (Fsp3) is 0.625. The van der Waals surface area contributed by atoms with Gasteiger partial charge in [-0.05, 0) is 24.0 Å². The maximum absolute atomic E-state index is 12.3. The number of hydrogen-bond acceptors (Lipinski definition) is 5. The number of furan rings is 1. The summed E-state index contributed by atoms with van der Waals surface area (Å²) in [6.07, 6.45) is 0.101. The van der Waals surface area contributed by atoms with Crippen LogP contribution in [0.25, 0.3) is 0 Å². The number of amides is 1. The maximum Gasteiger partial charge on any atom is 0.304 e. The van der Waals surface area contributed by atoms with Crippen molar-refractivity contribution in [2.75, 3.05) is 19.6 Å². The quantitative estimate of drug-likeness (QED) is 0.689. The molecule has 1 amide bonds. The van der Waals surface area contributed by atoms with Crippen molar-refractivity contribution in [3.63, 3.8) is 0 Å². The van der Waals surface area contributed by atoms with Gasteiger partial charge in [-0.15, -0.1) is 0 Å². The molecule has 3 N–H and O–H groups in total. The molecule has 0 unspecified atom stereocenters. The van der Waals surface area contributed by atoms with Crippen LogP contribution in [0.5, 0.6) is 0 Å². The Hall–Kier alpha value is -1.86. The molecule has 1 aromatic rings. The van der Waals surface area contributed by atoms with Crippen molar-refractivity contribution < 1.29 is 24.2 Å².